The van der Waals surface area contributed by atoms with Crippen LogP contribution in [0.3, 0.4) is 0 Å². The van der Waals surface area contributed by atoms with E-state index in [1.807, 2.05) is 24.3 Å². The van der Waals surface area contributed by atoms with Crippen molar-refractivity contribution in [1.82, 2.24) is 9.55 Å². The highest BCUT2D eigenvalue weighted by molar-refractivity contribution is 6.15. The Hall–Kier alpha value is -3.08. The number of fused-ring (bicyclic) bond motifs is 5. The number of rotatable bonds is 2. The Morgan fingerprint density at radius 3 is 2.33 bits per heavy atom. The Kier molecular flexibility index (Phi) is 3.16. The van der Waals surface area contributed by atoms with Crippen molar-refractivity contribution in [2.75, 3.05) is 14.2 Å². The maximum Gasteiger partial charge on any atom is 0.258 e. The van der Waals surface area contributed by atoms with Gasteiger partial charge in [0.15, 0.2) is 11.5 Å². The van der Waals surface area contributed by atoms with E-state index in [2.05, 4.69) is 4.98 Å². The molecule has 0 amide bonds. The number of ether oxygens (including phenoxy) is 2. The molecule has 120 valence electrons. The van der Waals surface area contributed by atoms with Gasteiger partial charge >= 0.3 is 0 Å². The summed E-state index contributed by atoms with van der Waals surface area (Å²) in [4.78, 5) is 17.1. The standard InChI is InChI=1S/C19H16N2O3/c1-21-18-12-6-7-20-10-11(12)4-5-13(18)14-8-16(23-2)17(24-3)9-15(14)19(21)22/h4-10H,1-3H3. The molecule has 0 radical (unpaired) electrons. The Balaban J connectivity index is 2.30. The molecule has 2 heterocycles. The fourth-order valence-corrected chi connectivity index (χ4v) is 3.29. The van der Waals surface area contributed by atoms with E-state index in [4.69, 9.17) is 9.47 Å². The second kappa shape index (κ2) is 5.23. The van der Waals surface area contributed by atoms with E-state index in [9.17, 15) is 4.79 Å². The van der Waals surface area contributed by atoms with Crippen molar-refractivity contribution in [3.8, 4) is 11.5 Å². The van der Waals surface area contributed by atoms with Crippen LogP contribution >= 0.6 is 0 Å². The molecule has 0 aliphatic heterocycles. The Labute approximate surface area is 138 Å². The summed E-state index contributed by atoms with van der Waals surface area (Å²) in [5, 5.41) is 4.45. The molecule has 0 unspecified atom stereocenters. The van der Waals surface area contributed by atoms with E-state index >= 15 is 0 Å². The average molecular weight is 320 g/mol. The number of pyridine rings is 2. The summed E-state index contributed by atoms with van der Waals surface area (Å²) in [6.45, 7) is 0. The molecule has 5 nitrogen and oxygen atoms in total. The molecule has 0 spiro atoms. The molecule has 0 bridgehead atoms. The minimum Gasteiger partial charge on any atom is -0.493 e. The fraction of sp³-hybridized carbons (Fsp3) is 0.158. The molecule has 0 aliphatic rings. The van der Waals surface area contributed by atoms with Gasteiger partial charge in [-0.1, -0.05) is 12.1 Å². The molecule has 2 aromatic heterocycles. The van der Waals surface area contributed by atoms with Gasteiger partial charge in [-0.15, -0.1) is 0 Å². The van der Waals surface area contributed by atoms with Crippen LogP contribution in [0.25, 0.3) is 32.4 Å². The lowest BCUT2D eigenvalue weighted by Crippen LogP contribution is -2.17. The summed E-state index contributed by atoms with van der Waals surface area (Å²) in [5.74, 6) is 1.15. The monoisotopic (exact) mass is 320 g/mol. The largest absolute Gasteiger partial charge is 0.493 e. The SMILES string of the molecule is COc1cc2c(=O)n(C)c3c4ccncc4ccc3c2cc1OC. The minimum atomic E-state index is -0.0669. The number of hydrogen-bond acceptors (Lipinski definition) is 4. The van der Waals surface area contributed by atoms with Crippen LogP contribution in [0, 0.1) is 0 Å². The predicted molar refractivity (Wildman–Crippen MR) is 95.1 cm³/mol. The van der Waals surface area contributed by atoms with Gasteiger partial charge in [0.25, 0.3) is 5.56 Å². The number of benzene rings is 2. The minimum absolute atomic E-state index is 0.0669. The zero-order chi connectivity index (χ0) is 16.8. The molecule has 4 aromatic rings. The van der Waals surface area contributed by atoms with Gasteiger partial charge in [0.1, 0.15) is 0 Å². The Morgan fingerprint density at radius 2 is 1.62 bits per heavy atom. The van der Waals surface area contributed by atoms with E-state index in [1.165, 1.54) is 0 Å². The van der Waals surface area contributed by atoms with E-state index < -0.39 is 0 Å². The average Bonchev–Trinajstić information content (AvgIpc) is 2.64. The highest BCUT2D eigenvalue weighted by Crippen LogP contribution is 2.35. The third-order valence-corrected chi connectivity index (χ3v) is 4.48. The number of methoxy groups -OCH3 is 2. The van der Waals surface area contributed by atoms with Gasteiger partial charge in [0.2, 0.25) is 0 Å². The van der Waals surface area contributed by atoms with Crippen molar-refractivity contribution in [2.24, 2.45) is 7.05 Å². The number of aromatic nitrogens is 2. The van der Waals surface area contributed by atoms with Crippen molar-refractivity contribution < 1.29 is 9.47 Å². The van der Waals surface area contributed by atoms with Crippen molar-refractivity contribution in [3.05, 3.63) is 53.1 Å². The van der Waals surface area contributed by atoms with Crippen molar-refractivity contribution >= 4 is 32.4 Å². The fourth-order valence-electron chi connectivity index (χ4n) is 3.29. The topological polar surface area (TPSA) is 53.4 Å². The highest BCUT2D eigenvalue weighted by Gasteiger charge is 2.15. The van der Waals surface area contributed by atoms with Crippen molar-refractivity contribution in [3.63, 3.8) is 0 Å². The second-order valence-corrected chi connectivity index (χ2v) is 5.68. The smallest absolute Gasteiger partial charge is 0.258 e. The van der Waals surface area contributed by atoms with Crippen LogP contribution in [-0.2, 0) is 7.05 Å². The predicted octanol–water partition coefficient (Wildman–Crippen LogP) is 3.26. The van der Waals surface area contributed by atoms with Gasteiger partial charge in [-0.3, -0.25) is 9.78 Å². The summed E-state index contributed by atoms with van der Waals surface area (Å²) in [6.07, 6.45) is 3.54. The highest BCUT2D eigenvalue weighted by atomic mass is 16.5. The van der Waals surface area contributed by atoms with Crippen LogP contribution in [0.2, 0.25) is 0 Å². The number of aryl methyl sites for hydroxylation is 1. The first-order valence-electron chi connectivity index (χ1n) is 7.57. The first kappa shape index (κ1) is 14.5. The van der Waals surface area contributed by atoms with E-state index in [-0.39, 0.29) is 5.56 Å². The second-order valence-electron chi connectivity index (χ2n) is 5.68. The molecular formula is C19H16N2O3. The van der Waals surface area contributed by atoms with Crippen LogP contribution in [-0.4, -0.2) is 23.8 Å². The van der Waals surface area contributed by atoms with Crippen LogP contribution in [0.5, 0.6) is 11.5 Å². The normalized spacial score (nSPS) is 11.3. The van der Waals surface area contributed by atoms with Gasteiger partial charge < -0.3 is 14.0 Å². The van der Waals surface area contributed by atoms with Crippen LogP contribution < -0.4 is 15.0 Å². The summed E-state index contributed by atoms with van der Waals surface area (Å²) >= 11 is 0. The number of hydrogen-bond donors (Lipinski definition) is 0. The quantitative estimate of drug-likeness (QED) is 0.532. The first-order valence-corrected chi connectivity index (χ1v) is 7.57. The number of nitrogens with zero attached hydrogens (tertiary/aromatic N) is 2. The molecule has 2 aromatic carbocycles. The zero-order valence-corrected chi connectivity index (χ0v) is 13.7. The molecule has 0 N–H and O–H groups in total. The van der Waals surface area contributed by atoms with Gasteiger partial charge in [-0.2, -0.15) is 0 Å². The maximum absolute atomic E-state index is 12.9. The summed E-state index contributed by atoms with van der Waals surface area (Å²) < 4.78 is 12.4. The molecule has 24 heavy (non-hydrogen) atoms. The lowest BCUT2D eigenvalue weighted by Gasteiger charge is -2.14. The zero-order valence-electron chi connectivity index (χ0n) is 13.7. The Bertz CT molecular complexity index is 1160. The van der Waals surface area contributed by atoms with Crippen LogP contribution in [0.4, 0.5) is 0 Å². The summed E-state index contributed by atoms with van der Waals surface area (Å²) in [7, 11) is 4.95. The van der Waals surface area contributed by atoms with Crippen molar-refractivity contribution in [1.29, 1.82) is 0 Å². The maximum atomic E-state index is 12.9. The van der Waals surface area contributed by atoms with E-state index in [0.717, 1.165) is 27.1 Å². The Morgan fingerprint density at radius 1 is 0.917 bits per heavy atom. The molecule has 5 heteroatoms. The van der Waals surface area contributed by atoms with Gasteiger partial charge in [-0.25, -0.2) is 0 Å². The molecular weight excluding hydrogens is 304 g/mol. The van der Waals surface area contributed by atoms with E-state index in [0.29, 0.717) is 16.9 Å². The molecule has 0 saturated heterocycles. The van der Waals surface area contributed by atoms with Gasteiger partial charge in [0.05, 0.1) is 25.1 Å². The van der Waals surface area contributed by atoms with Crippen LogP contribution in [0.1, 0.15) is 0 Å². The molecule has 0 saturated carbocycles. The van der Waals surface area contributed by atoms with Gasteiger partial charge in [-0.05, 0) is 18.2 Å². The van der Waals surface area contributed by atoms with Crippen molar-refractivity contribution in [2.45, 2.75) is 0 Å². The van der Waals surface area contributed by atoms with Gasteiger partial charge in [0, 0.05) is 41.0 Å². The molecule has 4 rings (SSSR count). The molecule has 0 fully saturated rings. The third-order valence-electron chi connectivity index (χ3n) is 4.48. The third kappa shape index (κ3) is 1.88. The molecule has 0 aliphatic carbocycles. The lowest BCUT2D eigenvalue weighted by molar-refractivity contribution is 0.356. The lowest BCUT2D eigenvalue weighted by atomic mass is 10.0. The van der Waals surface area contributed by atoms with E-state index in [1.54, 1.807) is 44.3 Å². The first-order chi connectivity index (χ1) is 11.7. The summed E-state index contributed by atoms with van der Waals surface area (Å²) in [5.41, 5.74) is 0.822. The van der Waals surface area contributed by atoms with Crippen LogP contribution in [0.15, 0.2) is 47.5 Å². The summed E-state index contributed by atoms with van der Waals surface area (Å²) in [6, 6.07) is 9.58. The molecule has 0 atom stereocenters.